The van der Waals surface area contributed by atoms with Gasteiger partial charge < -0.3 is 25.8 Å². The van der Waals surface area contributed by atoms with Crippen molar-refractivity contribution >= 4 is 27.7 Å². The highest BCUT2D eigenvalue weighted by molar-refractivity contribution is 9.10. The molecule has 0 bridgehead atoms. The third-order valence-electron chi connectivity index (χ3n) is 3.14. The molecular formula is C14H18BrN3O4. The Labute approximate surface area is 136 Å². The fraction of sp³-hybridized carbons (Fsp3) is 0.429. The van der Waals surface area contributed by atoms with Gasteiger partial charge in [0, 0.05) is 4.47 Å². The van der Waals surface area contributed by atoms with Crippen LogP contribution in [0.25, 0.3) is 0 Å². The first-order valence-electron chi connectivity index (χ1n) is 6.86. The van der Waals surface area contributed by atoms with E-state index in [2.05, 4.69) is 26.6 Å². The zero-order chi connectivity index (χ0) is 16.1. The Bertz CT molecular complexity index is 579. The van der Waals surface area contributed by atoms with Crippen molar-refractivity contribution in [2.75, 3.05) is 26.3 Å². The van der Waals surface area contributed by atoms with Crippen molar-refractivity contribution in [1.29, 1.82) is 0 Å². The van der Waals surface area contributed by atoms with Crippen molar-refractivity contribution in [3.8, 4) is 11.5 Å². The molecule has 0 aliphatic carbocycles. The van der Waals surface area contributed by atoms with E-state index in [1.54, 1.807) is 0 Å². The molecule has 1 unspecified atom stereocenters. The van der Waals surface area contributed by atoms with Crippen LogP contribution in [0.15, 0.2) is 16.6 Å². The Hall–Kier alpha value is -1.80. The summed E-state index contributed by atoms with van der Waals surface area (Å²) in [5.41, 5.74) is 6.02. The van der Waals surface area contributed by atoms with E-state index in [4.69, 9.17) is 15.2 Å². The minimum atomic E-state index is -0.372. The molecule has 4 N–H and O–H groups in total. The fourth-order valence-electron chi connectivity index (χ4n) is 2.03. The van der Waals surface area contributed by atoms with E-state index < -0.39 is 0 Å². The Morgan fingerprint density at radius 2 is 1.91 bits per heavy atom. The number of amides is 2. The fourth-order valence-corrected chi connectivity index (χ4v) is 2.70. The molecule has 0 aromatic heterocycles. The maximum atomic E-state index is 11.8. The van der Waals surface area contributed by atoms with Crippen LogP contribution in [0, 0.1) is 0 Å². The van der Waals surface area contributed by atoms with E-state index in [1.807, 2.05) is 19.1 Å². The predicted molar refractivity (Wildman–Crippen MR) is 83.8 cm³/mol. The molecule has 22 heavy (non-hydrogen) atoms. The van der Waals surface area contributed by atoms with Gasteiger partial charge in [-0.15, -0.1) is 0 Å². The van der Waals surface area contributed by atoms with Crippen LogP contribution in [0.3, 0.4) is 0 Å². The molecule has 1 aromatic rings. The van der Waals surface area contributed by atoms with Gasteiger partial charge in [-0.05, 0) is 24.6 Å². The van der Waals surface area contributed by atoms with E-state index in [0.717, 1.165) is 10.0 Å². The van der Waals surface area contributed by atoms with Crippen LogP contribution >= 0.6 is 15.9 Å². The van der Waals surface area contributed by atoms with Crippen LogP contribution in [-0.2, 0) is 9.59 Å². The second-order valence-corrected chi connectivity index (χ2v) is 5.64. The summed E-state index contributed by atoms with van der Waals surface area (Å²) in [4.78, 5) is 22.8. The molecule has 0 radical (unpaired) electrons. The third kappa shape index (κ3) is 4.11. The summed E-state index contributed by atoms with van der Waals surface area (Å²) in [6.07, 6.45) is 0. The molecule has 1 aliphatic heterocycles. The molecule has 0 fully saturated rings. The maximum absolute atomic E-state index is 11.8. The molecule has 0 saturated heterocycles. The van der Waals surface area contributed by atoms with E-state index in [1.165, 1.54) is 0 Å². The molecule has 2 amide bonds. The first-order chi connectivity index (χ1) is 10.5. The normalized spacial score (nSPS) is 14.1. The smallest absolute Gasteiger partial charge is 0.239 e. The lowest BCUT2D eigenvalue weighted by Gasteiger charge is -2.22. The van der Waals surface area contributed by atoms with Crippen molar-refractivity contribution in [1.82, 2.24) is 10.6 Å². The molecule has 1 aliphatic rings. The number of hydrogen-bond acceptors (Lipinski definition) is 5. The number of carbonyl (C=O) groups excluding carboxylic acids is 2. The second kappa shape index (κ2) is 7.46. The molecule has 120 valence electrons. The van der Waals surface area contributed by atoms with Gasteiger partial charge in [-0.25, -0.2) is 0 Å². The van der Waals surface area contributed by atoms with E-state index in [-0.39, 0.29) is 30.9 Å². The van der Waals surface area contributed by atoms with Crippen LogP contribution < -0.4 is 25.8 Å². The van der Waals surface area contributed by atoms with Crippen molar-refractivity contribution in [3.63, 3.8) is 0 Å². The molecule has 8 heteroatoms. The first kappa shape index (κ1) is 16.6. The summed E-state index contributed by atoms with van der Waals surface area (Å²) in [5.74, 6) is 0.664. The molecule has 0 spiro atoms. The summed E-state index contributed by atoms with van der Waals surface area (Å²) in [5, 5.41) is 5.22. The van der Waals surface area contributed by atoms with E-state index >= 15 is 0 Å². The topological polar surface area (TPSA) is 103 Å². The van der Waals surface area contributed by atoms with Gasteiger partial charge in [0.05, 0.1) is 19.1 Å². The maximum Gasteiger partial charge on any atom is 0.239 e. The number of halogens is 1. The molecular weight excluding hydrogens is 354 g/mol. The summed E-state index contributed by atoms with van der Waals surface area (Å²) in [6, 6.07) is 3.40. The Morgan fingerprint density at radius 3 is 2.55 bits per heavy atom. The molecule has 1 atom stereocenters. The number of carbonyl (C=O) groups is 2. The highest BCUT2D eigenvalue weighted by Crippen LogP contribution is 2.37. The Morgan fingerprint density at radius 1 is 1.27 bits per heavy atom. The van der Waals surface area contributed by atoms with Crippen LogP contribution in [0.4, 0.5) is 0 Å². The van der Waals surface area contributed by atoms with Gasteiger partial charge in [-0.3, -0.25) is 9.59 Å². The van der Waals surface area contributed by atoms with Crippen molar-refractivity contribution in [2.45, 2.75) is 13.0 Å². The van der Waals surface area contributed by atoms with Crippen molar-refractivity contribution < 1.29 is 19.1 Å². The molecule has 2 rings (SSSR count). The Balaban J connectivity index is 2.01. The minimum absolute atomic E-state index is 0.109. The molecule has 0 saturated carbocycles. The van der Waals surface area contributed by atoms with Gasteiger partial charge in [0.1, 0.15) is 13.2 Å². The highest BCUT2D eigenvalue weighted by Gasteiger charge is 2.19. The summed E-state index contributed by atoms with van der Waals surface area (Å²) in [6.45, 7) is 2.61. The first-order valence-corrected chi connectivity index (χ1v) is 7.65. The lowest BCUT2D eigenvalue weighted by molar-refractivity contribution is -0.125. The van der Waals surface area contributed by atoms with Gasteiger partial charge in [0.25, 0.3) is 0 Å². The van der Waals surface area contributed by atoms with Crippen molar-refractivity contribution in [2.24, 2.45) is 5.73 Å². The molecule has 7 nitrogen and oxygen atoms in total. The van der Waals surface area contributed by atoms with E-state index in [0.29, 0.717) is 24.7 Å². The second-order valence-electron chi connectivity index (χ2n) is 4.79. The average Bonchev–Trinajstić information content (AvgIpc) is 2.51. The number of rotatable bonds is 5. The summed E-state index contributed by atoms with van der Waals surface area (Å²) < 4.78 is 11.8. The quantitative estimate of drug-likeness (QED) is 0.698. The minimum Gasteiger partial charge on any atom is -0.486 e. The summed E-state index contributed by atoms with van der Waals surface area (Å²) in [7, 11) is 0. The van der Waals surface area contributed by atoms with E-state index in [9.17, 15) is 9.59 Å². The average molecular weight is 372 g/mol. The largest absolute Gasteiger partial charge is 0.486 e. The lowest BCUT2D eigenvalue weighted by atomic mass is 10.1. The zero-order valence-corrected chi connectivity index (χ0v) is 13.7. The van der Waals surface area contributed by atoms with Crippen LogP contribution in [0.2, 0.25) is 0 Å². The Kier molecular flexibility index (Phi) is 5.62. The van der Waals surface area contributed by atoms with Gasteiger partial charge >= 0.3 is 0 Å². The molecule has 1 heterocycles. The predicted octanol–water partition coefficient (Wildman–Crippen LogP) is 0.472. The number of nitrogens with one attached hydrogen (secondary N) is 2. The van der Waals surface area contributed by atoms with Gasteiger partial charge in [0.2, 0.25) is 11.8 Å². The van der Waals surface area contributed by atoms with Crippen LogP contribution in [-0.4, -0.2) is 38.1 Å². The number of benzene rings is 1. The summed E-state index contributed by atoms with van der Waals surface area (Å²) >= 11 is 3.47. The SMILES string of the molecule is CC(NC(=O)CNC(=O)CN)c1cc2c(cc1Br)OCCO2. The van der Waals surface area contributed by atoms with Gasteiger partial charge in [-0.2, -0.15) is 0 Å². The van der Waals surface area contributed by atoms with Crippen LogP contribution in [0.5, 0.6) is 11.5 Å². The highest BCUT2D eigenvalue weighted by atomic mass is 79.9. The number of hydrogen-bond donors (Lipinski definition) is 3. The van der Waals surface area contributed by atoms with Crippen LogP contribution in [0.1, 0.15) is 18.5 Å². The van der Waals surface area contributed by atoms with Gasteiger partial charge in [-0.1, -0.05) is 15.9 Å². The van der Waals surface area contributed by atoms with Crippen molar-refractivity contribution in [3.05, 3.63) is 22.2 Å². The lowest BCUT2D eigenvalue weighted by Crippen LogP contribution is -2.40. The zero-order valence-electron chi connectivity index (χ0n) is 12.1. The van der Waals surface area contributed by atoms with Gasteiger partial charge in [0.15, 0.2) is 11.5 Å². The third-order valence-corrected chi connectivity index (χ3v) is 3.82. The molecule has 1 aromatic carbocycles. The standard InChI is InChI=1S/C14H18BrN3O4/c1-8(18-14(20)7-17-13(19)6-16)9-4-11-12(5-10(9)15)22-3-2-21-11/h4-5,8H,2-3,6-7,16H2,1H3,(H,17,19)(H,18,20). The number of ether oxygens (including phenoxy) is 2. The number of fused-ring (bicyclic) bond motifs is 1. The number of nitrogens with two attached hydrogens (primary N) is 1. The monoisotopic (exact) mass is 371 g/mol.